The molecule has 2 rings (SSSR count). The summed E-state index contributed by atoms with van der Waals surface area (Å²) in [7, 11) is 3.12. The highest BCUT2D eigenvalue weighted by atomic mass is 16.5. The van der Waals surface area contributed by atoms with E-state index in [4.69, 9.17) is 4.74 Å². The Labute approximate surface area is 116 Å². The van der Waals surface area contributed by atoms with Crippen LogP contribution in [0.15, 0.2) is 42.5 Å². The quantitative estimate of drug-likeness (QED) is 0.900. The Kier molecular flexibility index (Phi) is 3.79. The molecule has 2 aromatic carbocycles. The molecule has 104 valence electrons. The fourth-order valence-corrected chi connectivity index (χ4v) is 1.84. The van der Waals surface area contributed by atoms with Crippen molar-refractivity contribution in [3.63, 3.8) is 0 Å². The van der Waals surface area contributed by atoms with E-state index in [2.05, 4.69) is 0 Å². The zero-order valence-electron chi connectivity index (χ0n) is 11.2. The largest absolute Gasteiger partial charge is 0.507 e. The van der Waals surface area contributed by atoms with E-state index < -0.39 is 5.91 Å². The summed E-state index contributed by atoms with van der Waals surface area (Å²) in [5, 5.41) is 19.4. The molecule has 0 aliphatic carbocycles. The van der Waals surface area contributed by atoms with E-state index in [1.807, 2.05) is 0 Å². The van der Waals surface area contributed by atoms with E-state index in [0.717, 1.165) is 0 Å². The maximum absolute atomic E-state index is 12.3. The standard InChI is InChI=1S/C15H15NO4/c1-16(10-6-8-11(20-2)9-7-10)15(19)14-12(17)4-3-5-13(14)18/h3-9,17-18H,1-2H3. The summed E-state index contributed by atoms with van der Waals surface area (Å²) in [6, 6.07) is 11.1. The van der Waals surface area contributed by atoms with Crippen LogP contribution in [-0.4, -0.2) is 30.3 Å². The maximum atomic E-state index is 12.3. The molecule has 0 saturated carbocycles. The molecule has 0 unspecified atom stereocenters. The number of phenols is 2. The van der Waals surface area contributed by atoms with Crippen LogP contribution < -0.4 is 9.64 Å². The molecule has 1 amide bonds. The Bertz CT molecular complexity index is 602. The van der Waals surface area contributed by atoms with Crippen LogP contribution in [0.5, 0.6) is 17.2 Å². The van der Waals surface area contributed by atoms with Gasteiger partial charge in [0.25, 0.3) is 5.91 Å². The summed E-state index contributed by atoms with van der Waals surface area (Å²) < 4.78 is 5.05. The second kappa shape index (κ2) is 5.52. The lowest BCUT2D eigenvalue weighted by Crippen LogP contribution is -2.26. The number of aromatic hydroxyl groups is 2. The monoisotopic (exact) mass is 273 g/mol. The van der Waals surface area contributed by atoms with Crippen molar-refractivity contribution in [3.05, 3.63) is 48.0 Å². The maximum Gasteiger partial charge on any atom is 0.265 e. The molecule has 0 bridgehead atoms. The molecule has 0 saturated heterocycles. The molecule has 0 atom stereocenters. The van der Waals surface area contributed by atoms with E-state index in [0.29, 0.717) is 11.4 Å². The van der Waals surface area contributed by atoms with Gasteiger partial charge in [0.1, 0.15) is 22.8 Å². The second-order valence-corrected chi connectivity index (χ2v) is 4.23. The number of anilines is 1. The first-order valence-electron chi connectivity index (χ1n) is 5.97. The Morgan fingerprint density at radius 1 is 1.05 bits per heavy atom. The third-order valence-corrected chi connectivity index (χ3v) is 3.00. The van der Waals surface area contributed by atoms with Crippen molar-refractivity contribution in [3.8, 4) is 17.2 Å². The third-order valence-electron chi connectivity index (χ3n) is 3.00. The van der Waals surface area contributed by atoms with Crippen LogP contribution in [0, 0.1) is 0 Å². The van der Waals surface area contributed by atoms with Gasteiger partial charge in [0.15, 0.2) is 0 Å². The minimum Gasteiger partial charge on any atom is -0.507 e. The number of hydrogen-bond donors (Lipinski definition) is 2. The van der Waals surface area contributed by atoms with Crippen LogP contribution in [0.3, 0.4) is 0 Å². The first-order valence-corrected chi connectivity index (χ1v) is 5.97. The minimum absolute atomic E-state index is 0.120. The average Bonchev–Trinajstić information content (AvgIpc) is 2.46. The van der Waals surface area contributed by atoms with Crippen LogP contribution in [0.4, 0.5) is 5.69 Å². The Balaban J connectivity index is 2.32. The first-order chi connectivity index (χ1) is 9.54. The Morgan fingerprint density at radius 3 is 2.10 bits per heavy atom. The third kappa shape index (κ3) is 2.51. The summed E-state index contributed by atoms with van der Waals surface area (Å²) in [4.78, 5) is 13.7. The normalized spacial score (nSPS) is 10.1. The summed E-state index contributed by atoms with van der Waals surface area (Å²) in [6.45, 7) is 0. The Morgan fingerprint density at radius 2 is 1.60 bits per heavy atom. The van der Waals surface area contributed by atoms with Gasteiger partial charge in [-0.2, -0.15) is 0 Å². The predicted molar refractivity (Wildman–Crippen MR) is 75.5 cm³/mol. The molecular formula is C15H15NO4. The number of methoxy groups -OCH3 is 1. The van der Waals surface area contributed by atoms with E-state index >= 15 is 0 Å². The lowest BCUT2D eigenvalue weighted by molar-refractivity contribution is 0.0987. The number of ether oxygens (including phenoxy) is 1. The highest BCUT2D eigenvalue weighted by Crippen LogP contribution is 2.29. The molecule has 0 spiro atoms. The fraction of sp³-hybridized carbons (Fsp3) is 0.133. The van der Waals surface area contributed by atoms with Gasteiger partial charge in [-0.15, -0.1) is 0 Å². The smallest absolute Gasteiger partial charge is 0.265 e. The SMILES string of the molecule is COc1ccc(N(C)C(=O)c2c(O)cccc2O)cc1. The molecule has 2 aromatic rings. The number of carbonyl (C=O) groups excluding carboxylic acids is 1. The number of phenolic OH excluding ortho intramolecular Hbond substituents is 2. The number of carbonyl (C=O) groups is 1. The minimum atomic E-state index is -0.495. The van der Waals surface area contributed by atoms with Gasteiger partial charge in [-0.1, -0.05) is 6.07 Å². The Hall–Kier alpha value is -2.69. The van der Waals surface area contributed by atoms with Gasteiger partial charge < -0.3 is 19.8 Å². The van der Waals surface area contributed by atoms with Crippen molar-refractivity contribution in [2.75, 3.05) is 19.1 Å². The van der Waals surface area contributed by atoms with E-state index in [9.17, 15) is 15.0 Å². The number of nitrogens with zero attached hydrogens (tertiary/aromatic N) is 1. The van der Waals surface area contributed by atoms with Gasteiger partial charge in [-0.05, 0) is 36.4 Å². The molecule has 5 nitrogen and oxygen atoms in total. The fourth-order valence-electron chi connectivity index (χ4n) is 1.84. The van der Waals surface area contributed by atoms with Crippen LogP contribution in [0.2, 0.25) is 0 Å². The zero-order valence-corrected chi connectivity index (χ0v) is 11.2. The number of hydrogen-bond acceptors (Lipinski definition) is 4. The van der Waals surface area contributed by atoms with Crippen LogP contribution in [0.25, 0.3) is 0 Å². The number of rotatable bonds is 3. The molecule has 0 aliphatic rings. The van der Waals surface area contributed by atoms with Gasteiger partial charge >= 0.3 is 0 Å². The first kappa shape index (κ1) is 13.7. The van der Waals surface area contributed by atoms with Crippen molar-refractivity contribution >= 4 is 11.6 Å². The molecular weight excluding hydrogens is 258 g/mol. The van der Waals surface area contributed by atoms with Gasteiger partial charge in [-0.25, -0.2) is 0 Å². The van der Waals surface area contributed by atoms with Crippen molar-refractivity contribution in [2.45, 2.75) is 0 Å². The molecule has 0 radical (unpaired) electrons. The summed E-state index contributed by atoms with van der Waals surface area (Å²) in [5.74, 6) is -0.323. The predicted octanol–water partition coefficient (Wildman–Crippen LogP) is 2.38. The molecule has 20 heavy (non-hydrogen) atoms. The van der Waals surface area contributed by atoms with E-state index in [-0.39, 0.29) is 17.1 Å². The van der Waals surface area contributed by atoms with Crippen LogP contribution >= 0.6 is 0 Å². The van der Waals surface area contributed by atoms with Crippen LogP contribution in [-0.2, 0) is 0 Å². The molecule has 5 heteroatoms. The van der Waals surface area contributed by atoms with Gasteiger partial charge in [-0.3, -0.25) is 4.79 Å². The molecule has 0 fully saturated rings. The summed E-state index contributed by atoms with van der Waals surface area (Å²) in [6.07, 6.45) is 0. The van der Waals surface area contributed by atoms with Crippen molar-refractivity contribution < 1.29 is 19.7 Å². The molecule has 0 heterocycles. The average molecular weight is 273 g/mol. The number of benzene rings is 2. The van der Waals surface area contributed by atoms with Crippen LogP contribution in [0.1, 0.15) is 10.4 Å². The highest BCUT2D eigenvalue weighted by molar-refractivity contribution is 6.09. The van der Waals surface area contributed by atoms with Gasteiger partial charge in [0.2, 0.25) is 0 Å². The molecule has 2 N–H and O–H groups in total. The van der Waals surface area contributed by atoms with E-state index in [1.165, 1.54) is 23.1 Å². The molecule has 0 aliphatic heterocycles. The van der Waals surface area contributed by atoms with Crippen molar-refractivity contribution in [1.82, 2.24) is 0 Å². The second-order valence-electron chi connectivity index (χ2n) is 4.23. The van der Waals surface area contributed by atoms with Crippen molar-refractivity contribution in [1.29, 1.82) is 0 Å². The van der Waals surface area contributed by atoms with Gasteiger partial charge in [0, 0.05) is 12.7 Å². The summed E-state index contributed by atoms with van der Waals surface area (Å²) >= 11 is 0. The lowest BCUT2D eigenvalue weighted by Gasteiger charge is -2.18. The zero-order chi connectivity index (χ0) is 14.7. The van der Waals surface area contributed by atoms with E-state index in [1.54, 1.807) is 38.4 Å². The van der Waals surface area contributed by atoms with Crippen molar-refractivity contribution in [2.24, 2.45) is 0 Å². The lowest BCUT2D eigenvalue weighted by atomic mass is 10.1. The summed E-state index contributed by atoms with van der Waals surface area (Å²) in [5.41, 5.74) is 0.504. The highest BCUT2D eigenvalue weighted by Gasteiger charge is 2.20. The van der Waals surface area contributed by atoms with Gasteiger partial charge in [0.05, 0.1) is 7.11 Å². The topological polar surface area (TPSA) is 70.0 Å². The number of amides is 1. The molecule has 0 aromatic heterocycles.